The van der Waals surface area contributed by atoms with Crippen LogP contribution in [0.5, 0.6) is 0 Å². The molecule has 0 heterocycles. The van der Waals surface area contributed by atoms with Crippen molar-refractivity contribution in [2.45, 2.75) is 62.7 Å². The van der Waals surface area contributed by atoms with E-state index in [-0.39, 0.29) is 0 Å². The fourth-order valence-corrected chi connectivity index (χ4v) is 2.07. The summed E-state index contributed by atoms with van der Waals surface area (Å²) < 4.78 is 0. The second kappa shape index (κ2) is 5.66. The van der Waals surface area contributed by atoms with Crippen LogP contribution < -0.4 is 22.9 Å². The van der Waals surface area contributed by atoms with E-state index in [0.717, 1.165) is 32.1 Å². The maximum atomic E-state index is 5.55. The Hall–Kier alpha value is -0.160. The van der Waals surface area contributed by atoms with Gasteiger partial charge in [-0.25, -0.2) is 0 Å². The van der Waals surface area contributed by atoms with Crippen LogP contribution in [0.25, 0.3) is 0 Å². The Bertz CT molecular complexity index is 146. The first kappa shape index (κ1) is 11.9. The third-order valence-corrected chi connectivity index (χ3v) is 3.14. The Morgan fingerprint density at radius 3 is 1.21 bits per heavy atom. The minimum absolute atomic E-state index is 0.292. The van der Waals surface area contributed by atoms with E-state index in [1.807, 2.05) is 0 Å². The van der Waals surface area contributed by atoms with Crippen molar-refractivity contribution in [3.8, 4) is 0 Å². The fraction of sp³-hybridized carbons (Fsp3) is 1.00. The molecule has 2 aliphatic carbocycles. The van der Waals surface area contributed by atoms with Crippen molar-refractivity contribution < 1.29 is 0 Å². The quantitative estimate of drug-likeness (QED) is 0.429. The van der Waals surface area contributed by atoms with Gasteiger partial charge in [-0.1, -0.05) is 6.42 Å². The van der Waals surface area contributed by atoms with E-state index in [4.69, 9.17) is 22.9 Å². The summed E-state index contributed by atoms with van der Waals surface area (Å²) in [6.45, 7) is 0. The van der Waals surface area contributed by atoms with E-state index < -0.39 is 0 Å². The van der Waals surface area contributed by atoms with E-state index >= 15 is 0 Å². The van der Waals surface area contributed by atoms with E-state index in [1.165, 1.54) is 6.42 Å². The van der Waals surface area contributed by atoms with E-state index in [1.54, 1.807) is 0 Å². The average Bonchev–Trinajstić information content (AvgIpc) is 2.65. The largest absolute Gasteiger partial charge is 0.328 e. The molecule has 0 radical (unpaired) electrons. The lowest BCUT2D eigenvalue weighted by Gasteiger charge is -2.05. The van der Waals surface area contributed by atoms with Gasteiger partial charge in [-0.2, -0.15) is 0 Å². The highest BCUT2D eigenvalue weighted by Crippen LogP contribution is 2.14. The Kier molecular flexibility index (Phi) is 4.81. The van der Waals surface area contributed by atoms with Gasteiger partial charge in [0.15, 0.2) is 0 Å². The summed E-state index contributed by atoms with van der Waals surface area (Å²) in [5.74, 6) is 0. The fourth-order valence-electron chi connectivity index (χ4n) is 2.07. The monoisotopic (exact) mass is 200 g/mol. The third-order valence-electron chi connectivity index (χ3n) is 3.14. The second-order valence-electron chi connectivity index (χ2n) is 4.59. The molecule has 0 aromatic rings. The van der Waals surface area contributed by atoms with Gasteiger partial charge in [-0.3, -0.25) is 0 Å². The van der Waals surface area contributed by atoms with Gasteiger partial charge in [0.05, 0.1) is 0 Å². The van der Waals surface area contributed by atoms with Crippen LogP contribution in [0.4, 0.5) is 0 Å². The predicted octanol–water partition coefficient (Wildman–Crippen LogP) is -0.350. The number of hydrogen-bond acceptors (Lipinski definition) is 4. The van der Waals surface area contributed by atoms with Gasteiger partial charge >= 0.3 is 0 Å². The molecule has 8 N–H and O–H groups in total. The molecular formula is C10H24N4. The molecule has 4 heteroatoms. The summed E-state index contributed by atoms with van der Waals surface area (Å²) in [4.78, 5) is 0. The lowest BCUT2D eigenvalue weighted by atomic mass is 10.2. The SMILES string of the molecule is NC1CCC(N)C1.NC1CCCC1N. The highest BCUT2D eigenvalue weighted by atomic mass is 14.8. The Morgan fingerprint density at radius 2 is 1.07 bits per heavy atom. The van der Waals surface area contributed by atoms with Gasteiger partial charge in [0, 0.05) is 24.2 Å². The van der Waals surface area contributed by atoms with Gasteiger partial charge in [-0.15, -0.1) is 0 Å². The topological polar surface area (TPSA) is 104 Å². The minimum atomic E-state index is 0.292. The van der Waals surface area contributed by atoms with E-state index in [0.29, 0.717) is 24.2 Å². The molecule has 4 atom stereocenters. The molecular weight excluding hydrogens is 176 g/mol. The van der Waals surface area contributed by atoms with Crippen molar-refractivity contribution in [2.75, 3.05) is 0 Å². The molecule has 2 saturated carbocycles. The summed E-state index contributed by atoms with van der Waals surface area (Å²) >= 11 is 0. The molecule has 2 aliphatic rings. The van der Waals surface area contributed by atoms with E-state index in [9.17, 15) is 0 Å². The summed E-state index contributed by atoms with van der Waals surface area (Å²) in [5, 5.41) is 0. The molecule has 0 aromatic heterocycles. The zero-order valence-electron chi connectivity index (χ0n) is 8.86. The molecule has 2 rings (SSSR count). The molecule has 0 amide bonds. The molecule has 0 bridgehead atoms. The zero-order chi connectivity index (χ0) is 10.6. The van der Waals surface area contributed by atoms with Gasteiger partial charge in [0.2, 0.25) is 0 Å². The van der Waals surface area contributed by atoms with Crippen LogP contribution in [0.15, 0.2) is 0 Å². The molecule has 0 aliphatic heterocycles. The number of nitrogens with two attached hydrogens (primary N) is 4. The molecule has 84 valence electrons. The number of hydrogen-bond donors (Lipinski definition) is 4. The van der Waals surface area contributed by atoms with Gasteiger partial charge in [0.25, 0.3) is 0 Å². The highest BCUT2D eigenvalue weighted by Gasteiger charge is 2.18. The van der Waals surface area contributed by atoms with E-state index in [2.05, 4.69) is 0 Å². The summed E-state index contributed by atoms with van der Waals surface area (Å²) in [6, 6.07) is 1.38. The summed E-state index contributed by atoms with van der Waals surface area (Å²) in [6.07, 6.45) is 6.76. The normalized spacial score (nSPS) is 42.0. The van der Waals surface area contributed by atoms with Crippen molar-refractivity contribution in [1.29, 1.82) is 0 Å². The average molecular weight is 200 g/mol. The lowest BCUT2D eigenvalue weighted by molar-refractivity contribution is 0.603. The van der Waals surface area contributed by atoms with Crippen LogP contribution in [0.1, 0.15) is 38.5 Å². The smallest absolute Gasteiger partial charge is 0.0192 e. The molecule has 0 saturated heterocycles. The Balaban J connectivity index is 0.000000140. The predicted molar refractivity (Wildman–Crippen MR) is 59.6 cm³/mol. The first-order valence-corrected chi connectivity index (χ1v) is 5.62. The molecule has 4 nitrogen and oxygen atoms in total. The van der Waals surface area contributed by atoms with Crippen molar-refractivity contribution in [2.24, 2.45) is 22.9 Å². The van der Waals surface area contributed by atoms with Gasteiger partial charge in [0.1, 0.15) is 0 Å². The van der Waals surface area contributed by atoms with Crippen molar-refractivity contribution in [3.63, 3.8) is 0 Å². The molecule has 4 unspecified atom stereocenters. The zero-order valence-corrected chi connectivity index (χ0v) is 8.86. The highest BCUT2D eigenvalue weighted by molar-refractivity contribution is 4.82. The lowest BCUT2D eigenvalue weighted by Crippen LogP contribution is -2.35. The molecule has 14 heavy (non-hydrogen) atoms. The second-order valence-corrected chi connectivity index (χ2v) is 4.59. The Labute approximate surface area is 86.4 Å². The molecule has 2 fully saturated rings. The van der Waals surface area contributed by atoms with Gasteiger partial charge < -0.3 is 22.9 Å². The number of rotatable bonds is 0. The van der Waals surface area contributed by atoms with Crippen molar-refractivity contribution >= 4 is 0 Å². The Morgan fingerprint density at radius 1 is 0.643 bits per heavy atom. The summed E-state index contributed by atoms with van der Waals surface area (Å²) in [7, 11) is 0. The first-order chi connectivity index (χ1) is 6.59. The first-order valence-electron chi connectivity index (χ1n) is 5.62. The maximum Gasteiger partial charge on any atom is 0.0192 e. The van der Waals surface area contributed by atoms with Gasteiger partial charge in [-0.05, 0) is 32.1 Å². The van der Waals surface area contributed by atoms with Crippen LogP contribution >= 0.6 is 0 Å². The van der Waals surface area contributed by atoms with Crippen LogP contribution in [0.2, 0.25) is 0 Å². The molecule has 0 aromatic carbocycles. The van der Waals surface area contributed by atoms with Crippen LogP contribution in [0, 0.1) is 0 Å². The standard InChI is InChI=1S/2C5H12N2/c6-4-1-2-5(7)3-4;6-4-2-1-3-5(4)7/h2*4-5H,1-3,6-7H2. The third kappa shape index (κ3) is 3.92. The van der Waals surface area contributed by atoms with Crippen molar-refractivity contribution in [3.05, 3.63) is 0 Å². The maximum absolute atomic E-state index is 5.55. The summed E-state index contributed by atoms with van der Waals surface area (Å²) in [5.41, 5.74) is 22.2. The van der Waals surface area contributed by atoms with Crippen LogP contribution in [0.3, 0.4) is 0 Å². The van der Waals surface area contributed by atoms with Crippen molar-refractivity contribution in [1.82, 2.24) is 0 Å². The van der Waals surface area contributed by atoms with Crippen LogP contribution in [-0.4, -0.2) is 24.2 Å². The van der Waals surface area contributed by atoms with Crippen LogP contribution in [-0.2, 0) is 0 Å². The molecule has 0 spiro atoms. The minimum Gasteiger partial charge on any atom is -0.328 e.